The van der Waals surface area contributed by atoms with E-state index in [-0.39, 0.29) is 0 Å². The molecular weight excluding hydrogens is 267 g/mol. The minimum Gasteiger partial charge on any atom is -0.272 e. The predicted octanol–water partition coefficient (Wildman–Crippen LogP) is 4.66. The summed E-state index contributed by atoms with van der Waals surface area (Å²) in [6.45, 7) is 0. The number of hydrogen-bond acceptors (Lipinski definition) is 1. The molecule has 1 fully saturated rings. The minimum atomic E-state index is 0.574. The Labute approximate surface area is 117 Å². The number of hydrogen-bond donors (Lipinski definition) is 0. The molecule has 4 heteroatoms. The third-order valence-electron chi connectivity index (χ3n) is 3.67. The van der Waals surface area contributed by atoms with Crippen LogP contribution in [-0.2, 0) is 7.05 Å². The van der Waals surface area contributed by atoms with Crippen LogP contribution in [0.2, 0.25) is 10.0 Å². The van der Waals surface area contributed by atoms with Gasteiger partial charge in [0.15, 0.2) is 0 Å². The minimum absolute atomic E-state index is 0.574. The smallest absolute Gasteiger partial charge is 0.0941 e. The van der Waals surface area contributed by atoms with Gasteiger partial charge in [0.1, 0.15) is 0 Å². The summed E-state index contributed by atoms with van der Waals surface area (Å²) in [4.78, 5) is 0. The molecule has 1 aliphatic carbocycles. The molecule has 0 bridgehead atoms. The van der Waals surface area contributed by atoms with Gasteiger partial charge in [-0.05, 0) is 25.0 Å². The average Bonchev–Trinajstić information content (AvgIpc) is 2.62. The molecule has 0 aliphatic heterocycles. The molecule has 0 radical (unpaired) electrons. The average molecular weight is 281 g/mol. The second kappa shape index (κ2) is 4.60. The maximum Gasteiger partial charge on any atom is 0.0941 e. The fourth-order valence-corrected chi connectivity index (χ4v) is 2.80. The molecule has 0 atom stereocenters. The molecule has 1 heterocycles. The second-order valence-electron chi connectivity index (χ2n) is 4.81. The molecule has 2 aromatic rings. The van der Waals surface area contributed by atoms with Gasteiger partial charge in [0.05, 0.1) is 15.7 Å². The molecule has 1 aliphatic rings. The molecule has 94 valence electrons. The Morgan fingerprint density at radius 2 is 2.06 bits per heavy atom. The van der Waals surface area contributed by atoms with Crippen LogP contribution in [0.5, 0.6) is 0 Å². The van der Waals surface area contributed by atoms with Gasteiger partial charge in [0.25, 0.3) is 0 Å². The van der Waals surface area contributed by atoms with Crippen molar-refractivity contribution in [3.63, 3.8) is 0 Å². The maximum atomic E-state index is 6.24. The Hall–Kier alpha value is -0.990. The van der Waals surface area contributed by atoms with Gasteiger partial charge >= 0.3 is 0 Å². The lowest BCUT2D eigenvalue weighted by molar-refractivity contribution is 0.397. The lowest BCUT2D eigenvalue weighted by atomic mass is 9.83. The largest absolute Gasteiger partial charge is 0.272 e. The van der Waals surface area contributed by atoms with Crippen LogP contribution in [0, 0.1) is 0 Å². The third kappa shape index (κ3) is 1.94. The van der Waals surface area contributed by atoms with Crippen LogP contribution in [0.25, 0.3) is 11.3 Å². The van der Waals surface area contributed by atoms with Gasteiger partial charge in [-0.3, -0.25) is 4.68 Å². The highest BCUT2D eigenvalue weighted by Crippen LogP contribution is 2.39. The van der Waals surface area contributed by atoms with Gasteiger partial charge in [0, 0.05) is 24.2 Å². The highest BCUT2D eigenvalue weighted by molar-refractivity contribution is 6.43. The summed E-state index contributed by atoms with van der Waals surface area (Å²) in [7, 11) is 2.00. The fraction of sp³-hybridized carbons (Fsp3) is 0.357. The van der Waals surface area contributed by atoms with Crippen LogP contribution in [-0.4, -0.2) is 9.78 Å². The molecular formula is C14H14Cl2N2. The van der Waals surface area contributed by atoms with Crippen molar-refractivity contribution >= 4 is 23.2 Å². The quantitative estimate of drug-likeness (QED) is 0.782. The van der Waals surface area contributed by atoms with E-state index in [0.29, 0.717) is 16.0 Å². The number of aryl methyl sites for hydroxylation is 1. The molecule has 0 unspecified atom stereocenters. The number of benzene rings is 1. The number of nitrogens with zero attached hydrogens (tertiary/aromatic N) is 2. The predicted molar refractivity (Wildman–Crippen MR) is 75.3 cm³/mol. The summed E-state index contributed by atoms with van der Waals surface area (Å²) >= 11 is 12.3. The van der Waals surface area contributed by atoms with E-state index >= 15 is 0 Å². The van der Waals surface area contributed by atoms with E-state index in [1.807, 2.05) is 23.9 Å². The first-order valence-electron chi connectivity index (χ1n) is 6.15. The Kier molecular flexibility index (Phi) is 3.08. The summed E-state index contributed by atoms with van der Waals surface area (Å²) in [5.74, 6) is 0.661. The van der Waals surface area contributed by atoms with Crippen molar-refractivity contribution in [1.82, 2.24) is 9.78 Å². The molecule has 0 spiro atoms. The molecule has 1 aromatic heterocycles. The molecule has 0 N–H and O–H groups in total. The monoisotopic (exact) mass is 280 g/mol. The van der Waals surface area contributed by atoms with Crippen LogP contribution in [0.15, 0.2) is 24.3 Å². The Bertz CT molecular complexity index is 585. The first-order valence-corrected chi connectivity index (χ1v) is 6.90. The fourth-order valence-electron chi connectivity index (χ4n) is 2.40. The van der Waals surface area contributed by atoms with Crippen LogP contribution in [0.1, 0.15) is 30.9 Å². The molecule has 18 heavy (non-hydrogen) atoms. The van der Waals surface area contributed by atoms with Crippen molar-refractivity contribution in [3.05, 3.63) is 40.0 Å². The topological polar surface area (TPSA) is 17.8 Å². The SMILES string of the molecule is Cn1nc(-c2cccc(Cl)c2Cl)cc1C1CCC1. The second-order valence-corrected chi connectivity index (χ2v) is 5.59. The molecule has 0 amide bonds. The number of halogens is 2. The van der Waals surface area contributed by atoms with Crippen molar-refractivity contribution < 1.29 is 0 Å². The Balaban J connectivity index is 2.04. The summed E-state index contributed by atoms with van der Waals surface area (Å²) in [6, 6.07) is 7.80. The summed E-state index contributed by atoms with van der Waals surface area (Å²) in [5, 5.41) is 5.71. The van der Waals surface area contributed by atoms with Gasteiger partial charge in [-0.2, -0.15) is 5.10 Å². The van der Waals surface area contributed by atoms with Crippen LogP contribution >= 0.6 is 23.2 Å². The zero-order valence-corrected chi connectivity index (χ0v) is 11.7. The molecule has 1 saturated carbocycles. The highest BCUT2D eigenvalue weighted by Gasteiger charge is 2.24. The van der Waals surface area contributed by atoms with E-state index in [2.05, 4.69) is 11.2 Å². The molecule has 3 rings (SSSR count). The van der Waals surface area contributed by atoms with Crippen molar-refractivity contribution in [2.45, 2.75) is 25.2 Å². The maximum absolute atomic E-state index is 6.24. The van der Waals surface area contributed by atoms with Crippen LogP contribution < -0.4 is 0 Å². The molecule has 0 saturated heterocycles. The van der Waals surface area contributed by atoms with Gasteiger partial charge in [-0.15, -0.1) is 0 Å². The van der Waals surface area contributed by atoms with Crippen molar-refractivity contribution in [1.29, 1.82) is 0 Å². The Morgan fingerprint density at radius 1 is 1.28 bits per heavy atom. The van der Waals surface area contributed by atoms with E-state index < -0.39 is 0 Å². The van der Waals surface area contributed by atoms with Gasteiger partial charge in [0.2, 0.25) is 0 Å². The highest BCUT2D eigenvalue weighted by atomic mass is 35.5. The standard InChI is InChI=1S/C14H14Cl2N2/c1-18-13(9-4-2-5-9)8-12(17-18)10-6-3-7-11(15)14(10)16/h3,6-9H,2,4-5H2,1H3. The first-order chi connectivity index (χ1) is 8.66. The lowest BCUT2D eigenvalue weighted by Crippen LogP contribution is -2.12. The summed E-state index contributed by atoms with van der Waals surface area (Å²) in [6.07, 6.45) is 3.85. The van der Waals surface area contributed by atoms with Gasteiger partial charge in [-0.25, -0.2) is 0 Å². The normalized spacial score (nSPS) is 15.7. The van der Waals surface area contributed by atoms with Crippen molar-refractivity contribution in [3.8, 4) is 11.3 Å². The Morgan fingerprint density at radius 3 is 2.72 bits per heavy atom. The first kappa shape index (κ1) is 12.1. The summed E-state index contributed by atoms with van der Waals surface area (Å²) < 4.78 is 1.97. The van der Waals surface area contributed by atoms with E-state index in [9.17, 15) is 0 Å². The van der Waals surface area contributed by atoms with E-state index in [1.165, 1.54) is 25.0 Å². The van der Waals surface area contributed by atoms with Gasteiger partial charge < -0.3 is 0 Å². The molecule has 2 nitrogen and oxygen atoms in total. The van der Waals surface area contributed by atoms with Crippen LogP contribution in [0.4, 0.5) is 0 Å². The number of rotatable bonds is 2. The van der Waals surface area contributed by atoms with Crippen LogP contribution in [0.3, 0.4) is 0 Å². The lowest BCUT2D eigenvalue weighted by Gasteiger charge is -2.25. The summed E-state index contributed by atoms with van der Waals surface area (Å²) in [5.41, 5.74) is 3.12. The van der Waals surface area contributed by atoms with Crippen molar-refractivity contribution in [2.24, 2.45) is 7.05 Å². The van der Waals surface area contributed by atoms with Crippen molar-refractivity contribution in [2.75, 3.05) is 0 Å². The van der Waals surface area contributed by atoms with E-state index in [4.69, 9.17) is 23.2 Å². The number of aromatic nitrogens is 2. The van der Waals surface area contributed by atoms with E-state index in [1.54, 1.807) is 6.07 Å². The van der Waals surface area contributed by atoms with Gasteiger partial charge in [-0.1, -0.05) is 41.8 Å². The zero-order valence-electron chi connectivity index (χ0n) is 10.2. The van der Waals surface area contributed by atoms with E-state index in [0.717, 1.165) is 11.3 Å². The zero-order chi connectivity index (χ0) is 12.7. The third-order valence-corrected chi connectivity index (χ3v) is 4.49. The molecule has 1 aromatic carbocycles.